The monoisotopic (exact) mass is 381 g/mol. The van der Waals surface area contributed by atoms with Gasteiger partial charge in [-0.2, -0.15) is 0 Å². The molecule has 0 saturated heterocycles. The Labute approximate surface area is 166 Å². The van der Waals surface area contributed by atoms with E-state index in [1.165, 1.54) is 12.1 Å². The van der Waals surface area contributed by atoms with E-state index in [4.69, 9.17) is 0 Å². The van der Waals surface area contributed by atoms with Crippen molar-refractivity contribution in [2.24, 2.45) is 5.92 Å². The number of hydrogen-bond donors (Lipinski definition) is 0. The molecule has 148 valence electrons. The number of Topliss-reactive ketones (excluding diaryl/α,β-unsaturated/α-hetero) is 2. The van der Waals surface area contributed by atoms with Crippen molar-refractivity contribution in [2.75, 3.05) is 4.90 Å². The quantitative estimate of drug-likeness (QED) is 0.600. The number of halogens is 1. The Hall–Kier alpha value is -2.23. The molecule has 1 heterocycles. The molecule has 0 saturated carbocycles. The van der Waals surface area contributed by atoms with Crippen molar-refractivity contribution in [1.82, 2.24) is 0 Å². The Bertz CT molecular complexity index is 806. The SMILES string of the molecule is CCCCCC1C2=C(CCCC2=O)N(c2ccc(F)cc2)C2=C1C(=O)CCC2. The van der Waals surface area contributed by atoms with Gasteiger partial charge in [-0.15, -0.1) is 0 Å². The summed E-state index contributed by atoms with van der Waals surface area (Å²) in [6.45, 7) is 2.17. The van der Waals surface area contributed by atoms with Crippen LogP contribution in [0, 0.1) is 11.7 Å². The molecule has 1 aliphatic heterocycles. The number of rotatable bonds is 5. The first kappa shape index (κ1) is 19.1. The Morgan fingerprint density at radius 2 is 1.46 bits per heavy atom. The van der Waals surface area contributed by atoms with Gasteiger partial charge in [0.2, 0.25) is 0 Å². The second kappa shape index (κ2) is 8.02. The molecular formula is C24H28FNO2. The molecule has 3 aliphatic rings. The van der Waals surface area contributed by atoms with Crippen LogP contribution in [0.25, 0.3) is 0 Å². The average molecular weight is 381 g/mol. The van der Waals surface area contributed by atoms with E-state index in [2.05, 4.69) is 11.8 Å². The molecule has 3 nitrogen and oxygen atoms in total. The maximum atomic E-state index is 13.5. The van der Waals surface area contributed by atoms with E-state index in [0.717, 1.165) is 79.6 Å². The second-order valence-electron chi connectivity index (χ2n) is 8.13. The largest absolute Gasteiger partial charge is 0.317 e. The molecule has 4 rings (SSSR count). The van der Waals surface area contributed by atoms with Crippen molar-refractivity contribution in [3.63, 3.8) is 0 Å². The Kier molecular flexibility index (Phi) is 5.47. The Balaban J connectivity index is 1.86. The fraction of sp³-hybridized carbons (Fsp3) is 0.500. The summed E-state index contributed by atoms with van der Waals surface area (Å²) in [4.78, 5) is 28.1. The third-order valence-electron chi connectivity index (χ3n) is 6.28. The van der Waals surface area contributed by atoms with Crippen molar-refractivity contribution >= 4 is 17.3 Å². The molecule has 0 radical (unpaired) electrons. The summed E-state index contributed by atoms with van der Waals surface area (Å²) < 4.78 is 13.5. The summed E-state index contributed by atoms with van der Waals surface area (Å²) in [5.41, 5.74) is 4.69. The van der Waals surface area contributed by atoms with Crippen molar-refractivity contribution in [1.29, 1.82) is 0 Å². The summed E-state index contributed by atoms with van der Waals surface area (Å²) in [7, 11) is 0. The standard InChI is InChI=1S/C24H28FNO2/c1-2-3-4-7-18-23-19(8-5-10-21(23)27)26(17-14-12-16(25)13-15-17)20-9-6-11-22(28)24(18)20/h12-15,18H,2-11H2,1H3. The highest BCUT2D eigenvalue weighted by Gasteiger charge is 2.42. The van der Waals surface area contributed by atoms with Crippen LogP contribution in [0.3, 0.4) is 0 Å². The minimum atomic E-state index is -0.277. The van der Waals surface area contributed by atoms with Crippen LogP contribution in [0.4, 0.5) is 10.1 Å². The highest BCUT2D eigenvalue weighted by molar-refractivity contribution is 6.06. The molecule has 4 heteroatoms. The molecule has 0 spiro atoms. The van der Waals surface area contributed by atoms with Gasteiger partial charge in [-0.25, -0.2) is 4.39 Å². The maximum Gasteiger partial charge on any atom is 0.161 e. The van der Waals surface area contributed by atoms with Crippen LogP contribution in [-0.2, 0) is 9.59 Å². The van der Waals surface area contributed by atoms with Gasteiger partial charge in [0.15, 0.2) is 11.6 Å². The highest BCUT2D eigenvalue weighted by Crippen LogP contribution is 2.48. The molecule has 1 aromatic carbocycles. The average Bonchev–Trinajstić information content (AvgIpc) is 2.69. The lowest BCUT2D eigenvalue weighted by molar-refractivity contribution is -0.117. The molecule has 0 fully saturated rings. The number of hydrogen-bond acceptors (Lipinski definition) is 3. The Morgan fingerprint density at radius 3 is 2.00 bits per heavy atom. The van der Waals surface area contributed by atoms with Crippen LogP contribution in [0.1, 0.15) is 71.1 Å². The third kappa shape index (κ3) is 3.34. The minimum absolute atomic E-state index is 0.0474. The van der Waals surface area contributed by atoms with E-state index in [1.807, 2.05) is 0 Å². The fourth-order valence-corrected chi connectivity index (χ4v) is 5.04. The molecule has 0 N–H and O–H groups in total. The molecule has 0 amide bonds. The molecule has 1 aromatic rings. The number of carbonyl (C=O) groups excluding carboxylic acids is 2. The van der Waals surface area contributed by atoms with Crippen molar-refractivity contribution < 1.29 is 14.0 Å². The molecule has 0 aromatic heterocycles. The topological polar surface area (TPSA) is 37.4 Å². The van der Waals surface area contributed by atoms with E-state index in [0.29, 0.717) is 12.8 Å². The van der Waals surface area contributed by atoms with Gasteiger partial charge in [0.05, 0.1) is 0 Å². The van der Waals surface area contributed by atoms with E-state index in [-0.39, 0.29) is 23.3 Å². The number of benzene rings is 1. The van der Waals surface area contributed by atoms with Crippen LogP contribution in [-0.4, -0.2) is 11.6 Å². The van der Waals surface area contributed by atoms with Gasteiger partial charge in [-0.05, 0) is 56.4 Å². The summed E-state index contributed by atoms with van der Waals surface area (Å²) in [5.74, 6) is 0.0643. The predicted octanol–water partition coefficient (Wildman–Crippen LogP) is 5.86. The van der Waals surface area contributed by atoms with Crippen molar-refractivity contribution in [3.05, 3.63) is 52.6 Å². The summed E-state index contributed by atoms with van der Waals surface area (Å²) in [6.07, 6.45) is 8.64. The Morgan fingerprint density at radius 1 is 0.893 bits per heavy atom. The number of carbonyl (C=O) groups is 2. The minimum Gasteiger partial charge on any atom is -0.317 e. The lowest BCUT2D eigenvalue weighted by Crippen LogP contribution is -2.40. The van der Waals surface area contributed by atoms with Crippen molar-refractivity contribution in [2.45, 2.75) is 71.1 Å². The van der Waals surface area contributed by atoms with E-state index < -0.39 is 0 Å². The van der Waals surface area contributed by atoms with Gasteiger partial charge in [-0.1, -0.05) is 26.2 Å². The van der Waals surface area contributed by atoms with Gasteiger partial charge >= 0.3 is 0 Å². The maximum absolute atomic E-state index is 13.5. The van der Waals surface area contributed by atoms with E-state index >= 15 is 0 Å². The highest BCUT2D eigenvalue weighted by atomic mass is 19.1. The first-order chi connectivity index (χ1) is 13.6. The van der Waals surface area contributed by atoms with Crippen LogP contribution in [0.15, 0.2) is 46.8 Å². The van der Waals surface area contributed by atoms with Crippen LogP contribution in [0.2, 0.25) is 0 Å². The molecule has 0 bridgehead atoms. The summed E-state index contributed by atoms with van der Waals surface area (Å²) in [6, 6.07) is 6.44. The van der Waals surface area contributed by atoms with Crippen LogP contribution in [0.5, 0.6) is 0 Å². The van der Waals surface area contributed by atoms with Gasteiger partial charge in [0, 0.05) is 47.0 Å². The number of anilines is 1. The first-order valence-electron chi connectivity index (χ1n) is 10.7. The fourth-order valence-electron chi connectivity index (χ4n) is 5.04. The number of nitrogens with zero attached hydrogens (tertiary/aromatic N) is 1. The normalized spacial score (nSPS) is 20.6. The van der Waals surface area contributed by atoms with E-state index in [9.17, 15) is 14.0 Å². The molecule has 0 atom stereocenters. The van der Waals surface area contributed by atoms with Gasteiger partial charge in [0.1, 0.15) is 5.82 Å². The molecule has 28 heavy (non-hydrogen) atoms. The number of unbranched alkanes of at least 4 members (excludes halogenated alkanes) is 2. The summed E-state index contributed by atoms with van der Waals surface area (Å²) >= 11 is 0. The molecule has 0 unspecified atom stereocenters. The van der Waals surface area contributed by atoms with Crippen LogP contribution < -0.4 is 4.90 Å². The zero-order valence-corrected chi connectivity index (χ0v) is 16.6. The smallest absolute Gasteiger partial charge is 0.161 e. The van der Waals surface area contributed by atoms with Gasteiger partial charge in [0.25, 0.3) is 0 Å². The predicted molar refractivity (Wildman–Crippen MR) is 108 cm³/mol. The second-order valence-corrected chi connectivity index (χ2v) is 8.13. The van der Waals surface area contributed by atoms with Crippen molar-refractivity contribution in [3.8, 4) is 0 Å². The van der Waals surface area contributed by atoms with E-state index in [1.54, 1.807) is 12.1 Å². The van der Waals surface area contributed by atoms with Gasteiger partial charge in [-0.3, -0.25) is 9.59 Å². The lowest BCUT2D eigenvalue weighted by Gasteiger charge is -2.44. The van der Waals surface area contributed by atoms with Crippen LogP contribution >= 0.6 is 0 Å². The van der Waals surface area contributed by atoms with Gasteiger partial charge < -0.3 is 4.90 Å². The number of ketones is 2. The summed E-state index contributed by atoms with van der Waals surface area (Å²) in [5, 5.41) is 0. The zero-order valence-electron chi connectivity index (χ0n) is 16.6. The third-order valence-corrected chi connectivity index (χ3v) is 6.28. The molecule has 2 aliphatic carbocycles. The number of allylic oxidation sites excluding steroid dienone is 4. The zero-order chi connectivity index (χ0) is 19.7. The lowest BCUT2D eigenvalue weighted by atomic mass is 9.71. The molecular weight excluding hydrogens is 353 g/mol. The first-order valence-corrected chi connectivity index (χ1v) is 10.7.